The number of hydrogen-bond donors (Lipinski definition) is 2. The third kappa shape index (κ3) is 6.92. The van der Waals surface area contributed by atoms with Crippen molar-refractivity contribution in [3.05, 3.63) is 24.3 Å². The lowest BCUT2D eigenvalue weighted by Crippen LogP contribution is -3.15. The summed E-state index contributed by atoms with van der Waals surface area (Å²) in [4.78, 5) is 27.6. The fourth-order valence-corrected chi connectivity index (χ4v) is 4.01. The fraction of sp³-hybridized carbons (Fsp3) is 0.600. The molecule has 1 aliphatic carbocycles. The Morgan fingerprint density at radius 1 is 1.10 bits per heavy atom. The molecule has 2 aliphatic rings. The van der Waals surface area contributed by atoms with Gasteiger partial charge < -0.3 is 19.9 Å². The number of carbonyl (C=O) groups is 2. The molecule has 29 heavy (non-hydrogen) atoms. The van der Waals surface area contributed by atoms with E-state index in [0.717, 1.165) is 29.9 Å². The van der Waals surface area contributed by atoms with Gasteiger partial charge in [-0.1, -0.05) is 12.8 Å². The minimum Gasteiger partial charge on any atom is -0.406 e. The van der Waals surface area contributed by atoms with Crippen LogP contribution in [0.25, 0.3) is 0 Å². The zero-order valence-electron chi connectivity index (χ0n) is 16.3. The third-order valence-corrected chi connectivity index (χ3v) is 5.54. The van der Waals surface area contributed by atoms with Crippen molar-refractivity contribution in [1.82, 2.24) is 4.90 Å². The zero-order chi connectivity index (χ0) is 20.9. The van der Waals surface area contributed by atoms with Gasteiger partial charge in [0, 0.05) is 12.1 Å². The van der Waals surface area contributed by atoms with Crippen molar-refractivity contribution < 1.29 is 32.4 Å². The van der Waals surface area contributed by atoms with Gasteiger partial charge >= 0.3 is 6.36 Å². The molecule has 0 atom stereocenters. The molecule has 1 aromatic carbocycles. The van der Waals surface area contributed by atoms with E-state index >= 15 is 0 Å². The van der Waals surface area contributed by atoms with Gasteiger partial charge in [-0.3, -0.25) is 9.59 Å². The van der Waals surface area contributed by atoms with E-state index in [1.54, 1.807) is 0 Å². The van der Waals surface area contributed by atoms with Crippen LogP contribution in [0.5, 0.6) is 5.75 Å². The highest BCUT2D eigenvalue weighted by atomic mass is 19.4. The number of halogens is 3. The highest BCUT2D eigenvalue weighted by molar-refractivity contribution is 5.91. The predicted octanol–water partition coefficient (Wildman–Crippen LogP) is 1.83. The Morgan fingerprint density at radius 2 is 1.72 bits per heavy atom. The number of nitrogens with one attached hydrogen (secondary N) is 2. The highest BCUT2D eigenvalue weighted by Gasteiger charge is 2.31. The van der Waals surface area contributed by atoms with Gasteiger partial charge in [0.1, 0.15) is 5.75 Å². The molecular weight excluding hydrogens is 387 g/mol. The molecule has 2 fully saturated rings. The number of hydrogen-bond acceptors (Lipinski definition) is 3. The summed E-state index contributed by atoms with van der Waals surface area (Å²) in [5.41, 5.74) is 0.411. The Balaban J connectivity index is 1.38. The zero-order valence-corrected chi connectivity index (χ0v) is 16.3. The Labute approximate surface area is 168 Å². The van der Waals surface area contributed by atoms with Crippen molar-refractivity contribution in [3.63, 3.8) is 0 Å². The van der Waals surface area contributed by atoms with Crippen molar-refractivity contribution >= 4 is 17.5 Å². The smallest absolute Gasteiger partial charge is 0.406 e. The molecule has 1 aromatic rings. The summed E-state index contributed by atoms with van der Waals surface area (Å²) in [5, 5.41) is 2.68. The van der Waals surface area contributed by atoms with Crippen molar-refractivity contribution in [2.75, 3.05) is 38.0 Å². The van der Waals surface area contributed by atoms with Crippen LogP contribution in [0.2, 0.25) is 0 Å². The number of alkyl halides is 3. The Hall–Kier alpha value is -2.29. The fourth-order valence-electron chi connectivity index (χ4n) is 4.01. The van der Waals surface area contributed by atoms with Crippen LogP contribution in [0.15, 0.2) is 24.3 Å². The molecule has 1 aliphatic heterocycles. The number of rotatable bonds is 6. The molecule has 6 nitrogen and oxygen atoms in total. The second kappa shape index (κ2) is 9.47. The van der Waals surface area contributed by atoms with Crippen LogP contribution in [0.1, 0.15) is 32.1 Å². The summed E-state index contributed by atoms with van der Waals surface area (Å²) in [6.45, 7) is 2.98. The lowest BCUT2D eigenvalue weighted by Gasteiger charge is -2.32. The Kier molecular flexibility index (Phi) is 7.00. The summed E-state index contributed by atoms with van der Waals surface area (Å²) in [5.74, 6) is 0.211. The normalized spacial score (nSPS) is 18.7. The summed E-state index contributed by atoms with van der Waals surface area (Å²) >= 11 is 0. The first-order valence-corrected chi connectivity index (χ1v) is 10.1. The van der Waals surface area contributed by atoms with E-state index in [2.05, 4.69) is 10.1 Å². The Bertz CT molecular complexity index is 695. The summed E-state index contributed by atoms with van der Waals surface area (Å²) in [7, 11) is 0. The molecule has 3 rings (SSSR count). The number of nitrogens with zero attached hydrogens (tertiary/aromatic N) is 1. The molecule has 2 amide bonds. The first kappa shape index (κ1) is 21.4. The average molecular weight is 414 g/mol. The van der Waals surface area contributed by atoms with E-state index in [-0.39, 0.29) is 24.1 Å². The maximum absolute atomic E-state index is 12.4. The van der Waals surface area contributed by atoms with Crippen LogP contribution >= 0.6 is 0 Å². The first-order chi connectivity index (χ1) is 13.8. The Morgan fingerprint density at radius 3 is 2.31 bits per heavy atom. The molecular formula is C20H27F3N3O3+. The lowest BCUT2D eigenvalue weighted by atomic mass is 10.0. The lowest BCUT2D eigenvalue weighted by molar-refractivity contribution is -0.895. The standard InChI is InChI=1S/C20H26F3N3O3/c21-20(22,23)29-17-7-5-16(6-8-17)24-18(27)14-25-9-11-26(12-10-25)19(28)13-15-3-1-2-4-15/h5-8,15H,1-4,9-14H2,(H,24,27)/p+1. The highest BCUT2D eigenvalue weighted by Crippen LogP contribution is 2.28. The van der Waals surface area contributed by atoms with E-state index in [4.69, 9.17) is 0 Å². The molecule has 0 bridgehead atoms. The number of anilines is 1. The molecule has 9 heteroatoms. The van der Waals surface area contributed by atoms with E-state index in [9.17, 15) is 22.8 Å². The van der Waals surface area contributed by atoms with Crippen LogP contribution in [0.4, 0.5) is 18.9 Å². The molecule has 160 valence electrons. The van der Waals surface area contributed by atoms with Crippen LogP contribution in [-0.4, -0.2) is 55.8 Å². The van der Waals surface area contributed by atoms with E-state index in [0.29, 0.717) is 44.2 Å². The van der Waals surface area contributed by atoms with Gasteiger partial charge in [0.15, 0.2) is 6.54 Å². The van der Waals surface area contributed by atoms with E-state index in [1.165, 1.54) is 25.0 Å². The summed E-state index contributed by atoms with van der Waals surface area (Å²) < 4.78 is 40.3. The molecule has 1 heterocycles. The van der Waals surface area contributed by atoms with Gasteiger partial charge in [0.2, 0.25) is 5.91 Å². The number of ether oxygens (including phenoxy) is 1. The average Bonchev–Trinajstić information content (AvgIpc) is 3.15. The van der Waals surface area contributed by atoms with Crippen LogP contribution in [-0.2, 0) is 9.59 Å². The second-order valence-corrected chi connectivity index (χ2v) is 7.78. The van der Waals surface area contributed by atoms with Crippen LogP contribution in [0.3, 0.4) is 0 Å². The third-order valence-electron chi connectivity index (χ3n) is 5.54. The van der Waals surface area contributed by atoms with Gasteiger partial charge in [-0.25, -0.2) is 0 Å². The number of quaternary nitrogens is 1. The molecule has 1 saturated carbocycles. The molecule has 0 aromatic heterocycles. The molecule has 0 unspecified atom stereocenters. The van der Waals surface area contributed by atoms with Crippen molar-refractivity contribution in [1.29, 1.82) is 0 Å². The van der Waals surface area contributed by atoms with Gasteiger partial charge in [0.05, 0.1) is 26.2 Å². The van der Waals surface area contributed by atoms with E-state index in [1.807, 2.05) is 4.90 Å². The molecule has 0 radical (unpaired) electrons. The number of amides is 2. The van der Waals surface area contributed by atoms with Crippen LogP contribution in [0, 0.1) is 5.92 Å². The molecule has 0 spiro atoms. The van der Waals surface area contributed by atoms with Crippen molar-refractivity contribution in [3.8, 4) is 5.75 Å². The minimum absolute atomic E-state index is 0.213. The number of benzene rings is 1. The summed E-state index contributed by atoms with van der Waals surface area (Å²) in [6, 6.07) is 5.05. The van der Waals surface area contributed by atoms with E-state index < -0.39 is 6.36 Å². The first-order valence-electron chi connectivity index (χ1n) is 10.1. The van der Waals surface area contributed by atoms with Gasteiger partial charge in [-0.2, -0.15) is 0 Å². The molecule has 2 N–H and O–H groups in total. The number of carbonyl (C=O) groups excluding carboxylic acids is 2. The van der Waals surface area contributed by atoms with Gasteiger partial charge in [-0.15, -0.1) is 13.2 Å². The SMILES string of the molecule is O=C(C[NH+]1CCN(C(=O)CC2CCCC2)CC1)Nc1ccc(OC(F)(F)F)cc1. The minimum atomic E-state index is -4.74. The van der Waals surface area contributed by atoms with Crippen molar-refractivity contribution in [2.45, 2.75) is 38.5 Å². The second-order valence-electron chi connectivity index (χ2n) is 7.78. The quantitative estimate of drug-likeness (QED) is 0.747. The molecule has 1 saturated heterocycles. The summed E-state index contributed by atoms with van der Waals surface area (Å²) in [6.07, 6.45) is 0.658. The maximum Gasteiger partial charge on any atom is 0.573 e. The predicted molar refractivity (Wildman–Crippen MR) is 100 cm³/mol. The topological polar surface area (TPSA) is 63.1 Å². The van der Waals surface area contributed by atoms with Gasteiger partial charge in [0.25, 0.3) is 5.91 Å². The van der Waals surface area contributed by atoms with Crippen molar-refractivity contribution in [2.24, 2.45) is 5.92 Å². The van der Waals surface area contributed by atoms with Gasteiger partial charge in [-0.05, 0) is 43.0 Å². The number of piperazine rings is 1. The monoisotopic (exact) mass is 414 g/mol. The maximum atomic E-state index is 12.4. The van der Waals surface area contributed by atoms with Crippen LogP contribution < -0.4 is 15.0 Å². The largest absolute Gasteiger partial charge is 0.573 e.